The highest BCUT2D eigenvalue weighted by Crippen LogP contribution is 2.28. The van der Waals surface area contributed by atoms with Crippen LogP contribution < -0.4 is 15.0 Å². The van der Waals surface area contributed by atoms with E-state index in [0.29, 0.717) is 10.5 Å². The maximum absolute atomic E-state index is 13.1. The third kappa shape index (κ3) is 4.41. The average Bonchev–Trinajstić information content (AvgIpc) is 2.65. The van der Waals surface area contributed by atoms with E-state index in [1.807, 2.05) is 5.32 Å². The fourth-order valence-corrected chi connectivity index (χ4v) is 2.76. The number of amides is 4. The number of nitrogens with zero attached hydrogens (tertiary/aromatic N) is 1. The lowest BCUT2D eigenvalue weighted by Crippen LogP contribution is -2.54. The van der Waals surface area contributed by atoms with E-state index in [9.17, 15) is 23.6 Å². The monoisotopic (exact) mass is 418 g/mol. The summed E-state index contributed by atoms with van der Waals surface area (Å²) in [6.07, 6.45) is 1.22. The third-order valence-corrected chi connectivity index (χ3v) is 4.10. The van der Waals surface area contributed by atoms with Crippen LogP contribution in [0.4, 0.5) is 14.9 Å². The molecule has 29 heavy (non-hydrogen) atoms. The van der Waals surface area contributed by atoms with Crippen molar-refractivity contribution in [2.75, 3.05) is 11.5 Å². The molecule has 2 aromatic rings. The van der Waals surface area contributed by atoms with Crippen LogP contribution in [0.3, 0.4) is 0 Å². The molecule has 2 N–H and O–H groups in total. The molecular weight excluding hydrogens is 407 g/mol. The Morgan fingerprint density at radius 3 is 2.48 bits per heavy atom. The van der Waals surface area contributed by atoms with E-state index in [1.54, 1.807) is 0 Å². The number of nitrogens with one attached hydrogen (secondary N) is 1. The van der Waals surface area contributed by atoms with Crippen LogP contribution in [-0.4, -0.2) is 35.5 Å². The first-order valence-corrected chi connectivity index (χ1v) is 8.45. The third-order valence-electron chi connectivity index (χ3n) is 3.80. The summed E-state index contributed by atoms with van der Waals surface area (Å²) in [5, 5.41) is 10.7. The maximum atomic E-state index is 13.1. The number of halogens is 2. The number of anilines is 1. The van der Waals surface area contributed by atoms with Crippen LogP contribution in [0.25, 0.3) is 6.08 Å². The van der Waals surface area contributed by atoms with Crippen LogP contribution in [0.5, 0.6) is 5.75 Å². The number of imide groups is 2. The van der Waals surface area contributed by atoms with E-state index >= 15 is 0 Å². The second-order valence-electron chi connectivity index (χ2n) is 5.81. The molecular formula is C19H12ClFN2O6. The summed E-state index contributed by atoms with van der Waals surface area (Å²) in [6.45, 7) is -0.588. The van der Waals surface area contributed by atoms with Crippen molar-refractivity contribution >= 4 is 47.2 Å². The molecule has 1 aliphatic heterocycles. The molecule has 0 bridgehead atoms. The van der Waals surface area contributed by atoms with Crippen molar-refractivity contribution in [3.05, 3.63) is 64.4 Å². The average molecular weight is 419 g/mol. The molecule has 0 saturated carbocycles. The Morgan fingerprint density at radius 2 is 1.86 bits per heavy atom. The molecule has 0 aliphatic carbocycles. The quantitative estimate of drug-likeness (QED) is 0.570. The number of ether oxygens (including phenoxy) is 1. The number of urea groups is 1. The number of carbonyl (C=O) groups is 4. The number of barbiturate groups is 1. The minimum atomic E-state index is -1.18. The van der Waals surface area contributed by atoms with Gasteiger partial charge < -0.3 is 9.84 Å². The second kappa shape index (κ2) is 8.11. The molecule has 10 heteroatoms. The smallest absolute Gasteiger partial charge is 0.341 e. The molecule has 0 aromatic heterocycles. The molecule has 8 nitrogen and oxygen atoms in total. The van der Waals surface area contributed by atoms with Gasteiger partial charge in [-0.2, -0.15) is 0 Å². The second-order valence-corrected chi connectivity index (χ2v) is 6.21. The Labute approximate surface area is 168 Å². The molecule has 0 unspecified atom stereocenters. The summed E-state index contributed by atoms with van der Waals surface area (Å²) in [5.74, 6) is -3.42. The first-order valence-electron chi connectivity index (χ1n) is 8.07. The Bertz CT molecular complexity index is 1050. The molecule has 1 fully saturated rings. The number of benzene rings is 2. The highest BCUT2D eigenvalue weighted by Gasteiger charge is 2.36. The van der Waals surface area contributed by atoms with Gasteiger partial charge in [-0.25, -0.2) is 18.9 Å². The summed E-state index contributed by atoms with van der Waals surface area (Å²) >= 11 is 6.03. The van der Waals surface area contributed by atoms with Crippen LogP contribution in [-0.2, 0) is 14.4 Å². The predicted molar refractivity (Wildman–Crippen MR) is 100.0 cm³/mol. The summed E-state index contributed by atoms with van der Waals surface area (Å²) < 4.78 is 18.1. The zero-order valence-corrected chi connectivity index (χ0v) is 15.3. The van der Waals surface area contributed by atoms with Gasteiger partial charge in [0.2, 0.25) is 0 Å². The van der Waals surface area contributed by atoms with Gasteiger partial charge >= 0.3 is 12.0 Å². The Hall–Kier alpha value is -3.72. The minimum absolute atomic E-state index is 0.0655. The summed E-state index contributed by atoms with van der Waals surface area (Å²) in [5.41, 5.74) is 0.0801. The standard InChI is InChI=1S/C19H12ClFN2O6/c20-14-8-10(1-6-15(14)29-9-16(24)25)7-13-17(26)22-19(28)23(18(13)27)12-4-2-11(21)3-5-12/h1-8H,9H2,(H,24,25)(H,22,26,28)/b13-7+. The van der Waals surface area contributed by atoms with Gasteiger partial charge in [-0.1, -0.05) is 17.7 Å². The van der Waals surface area contributed by atoms with Gasteiger partial charge in [-0.15, -0.1) is 0 Å². The van der Waals surface area contributed by atoms with Crippen molar-refractivity contribution in [2.24, 2.45) is 0 Å². The molecule has 0 spiro atoms. The fraction of sp³-hybridized carbons (Fsp3) is 0.0526. The first kappa shape index (κ1) is 20.0. The number of hydrogen-bond donors (Lipinski definition) is 2. The van der Waals surface area contributed by atoms with E-state index in [4.69, 9.17) is 21.4 Å². The largest absolute Gasteiger partial charge is 0.480 e. The van der Waals surface area contributed by atoms with Gasteiger partial charge in [0.25, 0.3) is 11.8 Å². The number of aliphatic carboxylic acids is 1. The van der Waals surface area contributed by atoms with Crippen LogP contribution >= 0.6 is 11.6 Å². The minimum Gasteiger partial charge on any atom is -0.480 e. The number of carboxylic acids is 1. The fourth-order valence-electron chi connectivity index (χ4n) is 2.51. The summed E-state index contributed by atoms with van der Waals surface area (Å²) in [6, 6.07) is 7.85. The maximum Gasteiger partial charge on any atom is 0.341 e. The zero-order chi connectivity index (χ0) is 21.1. The lowest BCUT2D eigenvalue weighted by Gasteiger charge is -2.26. The molecule has 2 aromatic carbocycles. The molecule has 0 atom stereocenters. The first-order chi connectivity index (χ1) is 13.8. The predicted octanol–water partition coefficient (Wildman–Crippen LogP) is 2.61. The Balaban J connectivity index is 1.91. The van der Waals surface area contributed by atoms with Crippen molar-refractivity contribution in [1.82, 2.24) is 5.32 Å². The van der Waals surface area contributed by atoms with E-state index in [-0.39, 0.29) is 22.0 Å². The van der Waals surface area contributed by atoms with Gasteiger partial charge in [0.05, 0.1) is 10.7 Å². The molecule has 148 valence electrons. The topological polar surface area (TPSA) is 113 Å². The molecule has 3 rings (SSSR count). The Kier molecular flexibility index (Phi) is 5.60. The number of rotatable bonds is 5. The zero-order valence-electron chi connectivity index (χ0n) is 14.5. The molecule has 1 aliphatic rings. The van der Waals surface area contributed by atoms with E-state index < -0.39 is 36.2 Å². The highest BCUT2D eigenvalue weighted by atomic mass is 35.5. The van der Waals surface area contributed by atoms with E-state index in [1.165, 1.54) is 36.4 Å². The normalized spacial score (nSPS) is 15.4. The van der Waals surface area contributed by atoms with Gasteiger partial charge in [-0.3, -0.25) is 14.9 Å². The van der Waals surface area contributed by atoms with Gasteiger partial charge in [-0.05, 0) is 48.0 Å². The van der Waals surface area contributed by atoms with Crippen molar-refractivity contribution in [3.63, 3.8) is 0 Å². The van der Waals surface area contributed by atoms with Crippen molar-refractivity contribution < 1.29 is 33.4 Å². The summed E-state index contributed by atoms with van der Waals surface area (Å²) in [4.78, 5) is 48.2. The Morgan fingerprint density at radius 1 is 1.17 bits per heavy atom. The number of carbonyl (C=O) groups excluding carboxylic acids is 3. The molecule has 1 heterocycles. The van der Waals surface area contributed by atoms with Crippen molar-refractivity contribution in [2.45, 2.75) is 0 Å². The van der Waals surface area contributed by atoms with E-state index in [2.05, 4.69) is 0 Å². The SMILES string of the molecule is O=C(O)COc1ccc(/C=C2\C(=O)NC(=O)N(c3ccc(F)cc3)C2=O)cc1Cl. The summed E-state index contributed by atoms with van der Waals surface area (Å²) in [7, 11) is 0. The molecule has 1 saturated heterocycles. The lowest BCUT2D eigenvalue weighted by molar-refractivity contribution is -0.139. The van der Waals surface area contributed by atoms with Crippen molar-refractivity contribution in [1.29, 1.82) is 0 Å². The lowest BCUT2D eigenvalue weighted by atomic mass is 10.1. The van der Waals surface area contributed by atoms with Gasteiger partial charge in [0.1, 0.15) is 17.1 Å². The van der Waals surface area contributed by atoms with Crippen molar-refractivity contribution in [3.8, 4) is 5.75 Å². The molecule has 4 amide bonds. The molecule has 0 radical (unpaired) electrons. The van der Waals surface area contributed by atoms with Gasteiger partial charge in [0, 0.05) is 0 Å². The van der Waals surface area contributed by atoms with Crippen LogP contribution in [0.15, 0.2) is 48.0 Å². The van der Waals surface area contributed by atoms with Crippen LogP contribution in [0.1, 0.15) is 5.56 Å². The highest BCUT2D eigenvalue weighted by molar-refractivity contribution is 6.39. The van der Waals surface area contributed by atoms with Crippen LogP contribution in [0.2, 0.25) is 5.02 Å². The van der Waals surface area contributed by atoms with Crippen LogP contribution in [0, 0.1) is 5.82 Å². The number of carboxylic acid groups (broad SMARTS) is 1. The number of hydrogen-bond acceptors (Lipinski definition) is 5. The van der Waals surface area contributed by atoms with E-state index in [0.717, 1.165) is 12.1 Å². The van der Waals surface area contributed by atoms with Gasteiger partial charge in [0.15, 0.2) is 6.61 Å².